The number of rotatable bonds is 3. The fourth-order valence-electron chi connectivity index (χ4n) is 1.37. The molecular formula is C14H15F3O5SSi. The molecule has 0 aliphatic carbocycles. The lowest BCUT2D eigenvalue weighted by Gasteiger charge is -2.12. The average molecular weight is 380 g/mol. The van der Waals surface area contributed by atoms with Gasteiger partial charge in [-0.15, -0.1) is 5.54 Å². The zero-order valence-corrected chi connectivity index (χ0v) is 15.1. The molecule has 0 aromatic heterocycles. The Morgan fingerprint density at radius 1 is 1.21 bits per heavy atom. The molecule has 0 saturated carbocycles. The molecule has 10 heteroatoms. The van der Waals surface area contributed by atoms with Crippen LogP contribution < -0.4 is 4.18 Å². The minimum absolute atomic E-state index is 0.328. The van der Waals surface area contributed by atoms with Crippen LogP contribution in [0, 0.1) is 11.5 Å². The Bertz CT molecular complexity index is 798. The van der Waals surface area contributed by atoms with E-state index in [1.807, 2.05) is 19.6 Å². The number of carbonyl (C=O) groups excluding carboxylic acids is 1. The van der Waals surface area contributed by atoms with E-state index in [0.29, 0.717) is 5.56 Å². The Labute approximate surface area is 138 Å². The summed E-state index contributed by atoms with van der Waals surface area (Å²) in [4.78, 5) is 11.7. The first-order valence-corrected chi connectivity index (χ1v) is 11.4. The Morgan fingerprint density at radius 2 is 1.79 bits per heavy atom. The van der Waals surface area contributed by atoms with Gasteiger partial charge in [-0.2, -0.15) is 21.6 Å². The molecule has 0 N–H and O–H groups in total. The summed E-state index contributed by atoms with van der Waals surface area (Å²) in [6.45, 7) is 5.94. The van der Waals surface area contributed by atoms with E-state index >= 15 is 0 Å². The second kappa shape index (κ2) is 6.86. The van der Waals surface area contributed by atoms with Crippen molar-refractivity contribution in [1.29, 1.82) is 0 Å². The number of esters is 1. The van der Waals surface area contributed by atoms with Crippen molar-refractivity contribution in [1.82, 2.24) is 0 Å². The number of halogens is 3. The molecule has 1 aromatic rings. The molecular weight excluding hydrogens is 365 g/mol. The van der Waals surface area contributed by atoms with Crippen LogP contribution >= 0.6 is 0 Å². The van der Waals surface area contributed by atoms with Crippen LogP contribution in [0.2, 0.25) is 19.6 Å². The number of ether oxygens (including phenoxy) is 1. The number of alkyl halides is 3. The summed E-state index contributed by atoms with van der Waals surface area (Å²) < 4.78 is 67.9. The van der Waals surface area contributed by atoms with Crippen molar-refractivity contribution in [3.63, 3.8) is 0 Å². The molecule has 0 heterocycles. The van der Waals surface area contributed by atoms with E-state index in [1.54, 1.807) is 0 Å². The fourth-order valence-corrected chi connectivity index (χ4v) is 2.37. The SMILES string of the molecule is COC(=O)c1cc(C#C[Si](C)(C)C)ccc1OS(=O)(=O)C(F)(F)F. The summed E-state index contributed by atoms with van der Waals surface area (Å²) in [7, 11) is -6.62. The molecule has 0 spiro atoms. The predicted molar refractivity (Wildman–Crippen MR) is 83.6 cm³/mol. The lowest BCUT2D eigenvalue weighted by atomic mass is 10.1. The average Bonchev–Trinajstić information content (AvgIpc) is 2.43. The minimum atomic E-state index is -5.90. The normalized spacial score (nSPS) is 12.1. The van der Waals surface area contributed by atoms with E-state index in [-0.39, 0.29) is 0 Å². The third-order valence-electron chi connectivity index (χ3n) is 2.45. The van der Waals surface area contributed by atoms with E-state index in [9.17, 15) is 26.4 Å². The van der Waals surface area contributed by atoms with Gasteiger partial charge >= 0.3 is 21.6 Å². The fraction of sp³-hybridized carbons (Fsp3) is 0.357. The first kappa shape index (κ1) is 20.1. The van der Waals surface area contributed by atoms with Crippen LogP contribution in [-0.4, -0.2) is 35.1 Å². The number of benzene rings is 1. The van der Waals surface area contributed by atoms with Crippen LogP contribution in [0.5, 0.6) is 5.75 Å². The number of methoxy groups -OCH3 is 1. The monoisotopic (exact) mass is 380 g/mol. The van der Waals surface area contributed by atoms with Crippen molar-refractivity contribution in [2.45, 2.75) is 25.1 Å². The Morgan fingerprint density at radius 3 is 2.25 bits per heavy atom. The molecule has 24 heavy (non-hydrogen) atoms. The third-order valence-corrected chi connectivity index (χ3v) is 4.29. The maximum atomic E-state index is 12.4. The molecule has 0 atom stereocenters. The Balaban J connectivity index is 3.37. The molecule has 1 aromatic carbocycles. The molecule has 5 nitrogen and oxygen atoms in total. The van der Waals surface area contributed by atoms with Gasteiger partial charge in [0.2, 0.25) is 0 Å². The summed E-state index contributed by atoms with van der Waals surface area (Å²) in [6.07, 6.45) is 0. The summed E-state index contributed by atoms with van der Waals surface area (Å²) in [5.74, 6) is 0.979. The van der Waals surface area contributed by atoms with Crippen LogP contribution in [0.4, 0.5) is 13.2 Å². The quantitative estimate of drug-likeness (QED) is 0.265. The van der Waals surface area contributed by atoms with E-state index in [1.165, 1.54) is 6.07 Å². The molecule has 0 amide bonds. The van der Waals surface area contributed by atoms with E-state index in [2.05, 4.69) is 20.4 Å². The van der Waals surface area contributed by atoms with E-state index < -0.39 is 41.0 Å². The van der Waals surface area contributed by atoms with Gasteiger partial charge in [-0.25, -0.2) is 4.79 Å². The van der Waals surface area contributed by atoms with Gasteiger partial charge in [0.05, 0.1) is 7.11 Å². The van der Waals surface area contributed by atoms with E-state index in [4.69, 9.17) is 0 Å². The summed E-state index contributed by atoms with van der Waals surface area (Å²) in [5, 5.41) is 0. The van der Waals surface area contributed by atoms with Crippen molar-refractivity contribution in [3.05, 3.63) is 29.3 Å². The van der Waals surface area contributed by atoms with Crippen LogP contribution in [-0.2, 0) is 14.9 Å². The van der Waals surface area contributed by atoms with Crippen LogP contribution in [0.25, 0.3) is 0 Å². The van der Waals surface area contributed by atoms with Gasteiger partial charge in [0.15, 0.2) is 5.75 Å². The highest BCUT2D eigenvalue weighted by Crippen LogP contribution is 2.29. The molecule has 0 aliphatic heterocycles. The first-order chi connectivity index (χ1) is 10.8. The van der Waals surface area contributed by atoms with Gasteiger partial charge in [-0.05, 0) is 18.2 Å². The van der Waals surface area contributed by atoms with Crippen LogP contribution in [0.1, 0.15) is 15.9 Å². The topological polar surface area (TPSA) is 69.7 Å². The highest BCUT2D eigenvalue weighted by atomic mass is 32.2. The van der Waals surface area contributed by atoms with Crippen molar-refractivity contribution in [2.75, 3.05) is 7.11 Å². The van der Waals surface area contributed by atoms with Gasteiger partial charge in [0.25, 0.3) is 0 Å². The molecule has 0 bridgehead atoms. The lowest BCUT2D eigenvalue weighted by Crippen LogP contribution is -2.28. The number of carbonyl (C=O) groups is 1. The molecule has 132 valence electrons. The molecule has 0 radical (unpaired) electrons. The maximum absolute atomic E-state index is 12.4. The van der Waals surface area contributed by atoms with Crippen LogP contribution in [0.3, 0.4) is 0 Å². The molecule has 0 fully saturated rings. The van der Waals surface area contributed by atoms with Crippen molar-refractivity contribution >= 4 is 24.2 Å². The van der Waals surface area contributed by atoms with E-state index in [0.717, 1.165) is 19.2 Å². The van der Waals surface area contributed by atoms with Gasteiger partial charge in [-0.1, -0.05) is 25.6 Å². The van der Waals surface area contributed by atoms with Gasteiger partial charge in [-0.3, -0.25) is 0 Å². The maximum Gasteiger partial charge on any atom is 0.534 e. The third kappa shape index (κ3) is 5.28. The zero-order chi connectivity index (χ0) is 18.8. The van der Waals surface area contributed by atoms with Gasteiger partial charge in [0, 0.05) is 5.56 Å². The predicted octanol–water partition coefficient (Wildman–Crippen LogP) is 2.93. The lowest BCUT2D eigenvalue weighted by molar-refractivity contribution is -0.0500. The minimum Gasteiger partial charge on any atom is -0.465 e. The largest absolute Gasteiger partial charge is 0.534 e. The second-order valence-electron chi connectivity index (χ2n) is 5.69. The summed E-state index contributed by atoms with van der Waals surface area (Å²) in [6, 6.07) is 3.32. The van der Waals surface area contributed by atoms with Gasteiger partial charge < -0.3 is 8.92 Å². The molecule has 0 unspecified atom stereocenters. The highest BCUT2D eigenvalue weighted by Gasteiger charge is 2.49. The van der Waals surface area contributed by atoms with Crippen molar-refractivity contribution < 1.29 is 35.3 Å². The molecule has 0 aliphatic rings. The zero-order valence-electron chi connectivity index (χ0n) is 13.3. The highest BCUT2D eigenvalue weighted by molar-refractivity contribution is 7.88. The number of hydrogen-bond acceptors (Lipinski definition) is 5. The number of hydrogen-bond donors (Lipinski definition) is 0. The summed E-state index contributed by atoms with van der Waals surface area (Å²) >= 11 is 0. The second-order valence-corrected chi connectivity index (χ2v) is 12.0. The molecule has 0 saturated heterocycles. The van der Waals surface area contributed by atoms with Crippen LogP contribution in [0.15, 0.2) is 18.2 Å². The van der Waals surface area contributed by atoms with Crippen molar-refractivity contribution in [2.24, 2.45) is 0 Å². The standard InChI is InChI=1S/C14H15F3O5SSi/c1-21-13(18)11-9-10(7-8-24(2,3)4)5-6-12(11)22-23(19,20)14(15,16)17/h5-6,9H,1-4H3. The van der Waals surface area contributed by atoms with Gasteiger partial charge in [0.1, 0.15) is 13.6 Å². The summed E-state index contributed by atoms with van der Waals surface area (Å²) in [5.41, 5.74) is -2.74. The Hall–Kier alpha value is -1.99. The Kier molecular flexibility index (Phi) is 5.73. The molecule has 1 rings (SSSR count). The first-order valence-electron chi connectivity index (χ1n) is 6.53. The van der Waals surface area contributed by atoms with Crippen molar-refractivity contribution in [3.8, 4) is 17.2 Å². The smallest absolute Gasteiger partial charge is 0.465 e.